The minimum Gasteiger partial charge on any atom is -0.260 e. The van der Waals surface area contributed by atoms with E-state index in [9.17, 15) is 0 Å². The van der Waals surface area contributed by atoms with Crippen molar-refractivity contribution in [3.05, 3.63) is 18.0 Å². The molecule has 0 aliphatic heterocycles. The first-order valence-corrected chi connectivity index (χ1v) is 4.01. The van der Waals surface area contributed by atoms with Crippen molar-refractivity contribution in [3.63, 3.8) is 0 Å². The largest absolute Gasteiger partial charge is 0.260 e. The summed E-state index contributed by atoms with van der Waals surface area (Å²) < 4.78 is 1.78. The first-order valence-electron chi connectivity index (χ1n) is 4.01. The average molecular weight is 162 g/mol. The fourth-order valence-electron chi connectivity index (χ4n) is 0.943. The second-order valence-electron chi connectivity index (χ2n) is 3.85. The van der Waals surface area contributed by atoms with Gasteiger partial charge >= 0.3 is 0 Å². The van der Waals surface area contributed by atoms with Crippen LogP contribution in [0.3, 0.4) is 0 Å². The molecule has 12 heavy (non-hydrogen) atoms. The predicted molar refractivity (Wildman–Crippen MR) is 49.8 cm³/mol. The monoisotopic (exact) mass is 162 g/mol. The van der Waals surface area contributed by atoms with Crippen molar-refractivity contribution in [1.82, 2.24) is 9.78 Å². The van der Waals surface area contributed by atoms with Crippen LogP contribution in [0.4, 0.5) is 0 Å². The molecule has 0 spiro atoms. The van der Waals surface area contributed by atoms with E-state index in [0.29, 0.717) is 6.54 Å². The van der Waals surface area contributed by atoms with Gasteiger partial charge in [0.25, 0.3) is 0 Å². The number of nitrogens with zero attached hydrogens (tertiary/aromatic N) is 2. The summed E-state index contributed by atoms with van der Waals surface area (Å²) in [5.41, 5.74) is 1.19. The standard InChI is InChI=1S/C10H14N2/c1-5-7-12-8-6-9(11-12)10(2,3)4/h1,6,8H,7H2,2-4H3. The highest BCUT2D eigenvalue weighted by Gasteiger charge is 2.16. The third-order valence-electron chi connectivity index (χ3n) is 1.66. The van der Waals surface area contributed by atoms with Gasteiger partial charge in [-0.25, -0.2) is 0 Å². The number of rotatable bonds is 1. The first kappa shape index (κ1) is 8.86. The molecule has 0 saturated carbocycles. The van der Waals surface area contributed by atoms with Crippen LogP contribution in [-0.2, 0) is 12.0 Å². The summed E-state index contributed by atoms with van der Waals surface area (Å²) in [7, 11) is 0. The van der Waals surface area contributed by atoms with Gasteiger partial charge in [-0.1, -0.05) is 26.7 Å². The van der Waals surface area contributed by atoms with Crippen LogP contribution in [0.2, 0.25) is 0 Å². The molecule has 64 valence electrons. The summed E-state index contributed by atoms with van der Waals surface area (Å²) in [6.45, 7) is 6.96. The lowest BCUT2D eigenvalue weighted by Gasteiger charge is -2.13. The van der Waals surface area contributed by atoms with E-state index in [1.807, 2.05) is 12.3 Å². The zero-order chi connectivity index (χ0) is 9.19. The molecule has 0 atom stereocenters. The van der Waals surface area contributed by atoms with Crippen LogP contribution >= 0.6 is 0 Å². The molecule has 0 aliphatic carbocycles. The van der Waals surface area contributed by atoms with Gasteiger partial charge in [-0.3, -0.25) is 4.68 Å². The fraction of sp³-hybridized carbons (Fsp3) is 0.500. The summed E-state index contributed by atoms with van der Waals surface area (Å²) in [5.74, 6) is 2.55. The minimum absolute atomic E-state index is 0.111. The van der Waals surface area contributed by atoms with Crippen molar-refractivity contribution >= 4 is 0 Å². The van der Waals surface area contributed by atoms with Crippen molar-refractivity contribution < 1.29 is 0 Å². The van der Waals surface area contributed by atoms with E-state index in [1.165, 1.54) is 0 Å². The fourth-order valence-corrected chi connectivity index (χ4v) is 0.943. The highest BCUT2D eigenvalue weighted by molar-refractivity contribution is 5.10. The van der Waals surface area contributed by atoms with Crippen molar-refractivity contribution in [1.29, 1.82) is 0 Å². The normalized spacial score (nSPS) is 11.2. The summed E-state index contributed by atoms with van der Waals surface area (Å²) in [4.78, 5) is 0. The number of terminal acetylenes is 1. The summed E-state index contributed by atoms with van der Waals surface area (Å²) in [6.07, 6.45) is 7.09. The van der Waals surface area contributed by atoms with E-state index in [4.69, 9.17) is 6.42 Å². The van der Waals surface area contributed by atoms with Gasteiger partial charge in [-0.15, -0.1) is 6.42 Å². The van der Waals surface area contributed by atoms with Gasteiger partial charge in [0.15, 0.2) is 0 Å². The molecule has 0 bridgehead atoms. The molecule has 0 aliphatic rings. The van der Waals surface area contributed by atoms with Crippen LogP contribution in [0, 0.1) is 12.3 Å². The Balaban J connectivity index is 2.86. The van der Waals surface area contributed by atoms with Gasteiger partial charge < -0.3 is 0 Å². The smallest absolute Gasteiger partial charge is 0.101 e. The van der Waals surface area contributed by atoms with Crippen LogP contribution in [0.5, 0.6) is 0 Å². The SMILES string of the molecule is C#CCn1ccc(C(C)(C)C)n1. The van der Waals surface area contributed by atoms with Crippen molar-refractivity contribution in [2.75, 3.05) is 0 Å². The zero-order valence-electron chi connectivity index (χ0n) is 7.83. The Bertz CT molecular complexity index is 296. The molecule has 0 N–H and O–H groups in total. The van der Waals surface area contributed by atoms with Gasteiger partial charge in [0, 0.05) is 11.6 Å². The van der Waals surface area contributed by atoms with Crippen molar-refractivity contribution in [2.45, 2.75) is 32.7 Å². The minimum atomic E-state index is 0.111. The second-order valence-corrected chi connectivity index (χ2v) is 3.85. The number of aromatic nitrogens is 2. The van der Waals surface area contributed by atoms with Crippen molar-refractivity contribution in [2.24, 2.45) is 0 Å². The highest BCUT2D eigenvalue weighted by Crippen LogP contribution is 2.19. The van der Waals surface area contributed by atoms with Gasteiger partial charge in [-0.05, 0) is 6.07 Å². The molecule has 2 heteroatoms. The molecule has 1 aromatic rings. The van der Waals surface area contributed by atoms with Gasteiger partial charge in [0.1, 0.15) is 6.54 Å². The van der Waals surface area contributed by atoms with Crippen LogP contribution in [0.25, 0.3) is 0 Å². The molecular formula is C10H14N2. The predicted octanol–water partition coefficient (Wildman–Crippen LogP) is 1.81. The average Bonchev–Trinajstić information content (AvgIpc) is 2.35. The second kappa shape index (κ2) is 3.02. The zero-order valence-corrected chi connectivity index (χ0v) is 7.83. The van der Waals surface area contributed by atoms with Gasteiger partial charge in [-0.2, -0.15) is 5.10 Å². The third kappa shape index (κ3) is 1.88. The number of hydrogen-bond donors (Lipinski definition) is 0. The Labute approximate surface area is 73.6 Å². The Hall–Kier alpha value is -1.23. The molecule has 2 nitrogen and oxygen atoms in total. The Morgan fingerprint density at radius 1 is 1.58 bits per heavy atom. The lowest BCUT2D eigenvalue weighted by atomic mass is 9.93. The molecule has 0 saturated heterocycles. The Kier molecular flexibility index (Phi) is 2.23. The first-order chi connectivity index (χ1) is 5.54. The maximum atomic E-state index is 5.17. The summed E-state index contributed by atoms with van der Waals surface area (Å²) in [5, 5.41) is 4.35. The third-order valence-corrected chi connectivity index (χ3v) is 1.66. The van der Waals surface area contributed by atoms with Crippen LogP contribution in [-0.4, -0.2) is 9.78 Å². The lowest BCUT2D eigenvalue weighted by Crippen LogP contribution is -2.12. The Morgan fingerprint density at radius 3 is 2.67 bits per heavy atom. The maximum Gasteiger partial charge on any atom is 0.101 e. The van der Waals surface area contributed by atoms with E-state index in [0.717, 1.165) is 5.69 Å². The highest BCUT2D eigenvalue weighted by atomic mass is 15.3. The van der Waals surface area contributed by atoms with Gasteiger partial charge in [0.05, 0.1) is 5.69 Å². The van der Waals surface area contributed by atoms with Gasteiger partial charge in [0.2, 0.25) is 0 Å². The summed E-state index contributed by atoms with van der Waals surface area (Å²) in [6, 6.07) is 2.01. The molecular weight excluding hydrogens is 148 g/mol. The molecule has 0 radical (unpaired) electrons. The van der Waals surface area contributed by atoms with Crippen molar-refractivity contribution in [3.8, 4) is 12.3 Å². The molecule has 1 rings (SSSR count). The molecule has 0 aromatic carbocycles. The lowest BCUT2D eigenvalue weighted by molar-refractivity contribution is 0.548. The van der Waals surface area contributed by atoms with E-state index in [2.05, 4.69) is 31.8 Å². The molecule has 1 heterocycles. The van der Waals surface area contributed by atoms with E-state index in [-0.39, 0.29) is 5.41 Å². The molecule has 0 amide bonds. The van der Waals surface area contributed by atoms with Crippen LogP contribution in [0.15, 0.2) is 12.3 Å². The molecule has 0 fully saturated rings. The van der Waals surface area contributed by atoms with E-state index in [1.54, 1.807) is 4.68 Å². The quantitative estimate of drug-likeness (QED) is 0.576. The Morgan fingerprint density at radius 2 is 2.25 bits per heavy atom. The van der Waals surface area contributed by atoms with Crippen LogP contribution in [0.1, 0.15) is 26.5 Å². The van der Waals surface area contributed by atoms with E-state index < -0.39 is 0 Å². The molecule has 1 aromatic heterocycles. The number of hydrogen-bond acceptors (Lipinski definition) is 1. The topological polar surface area (TPSA) is 17.8 Å². The molecule has 0 unspecified atom stereocenters. The van der Waals surface area contributed by atoms with E-state index >= 15 is 0 Å². The maximum absolute atomic E-state index is 5.17. The van der Waals surface area contributed by atoms with Crippen LogP contribution < -0.4 is 0 Å². The summed E-state index contributed by atoms with van der Waals surface area (Å²) >= 11 is 0.